The highest BCUT2D eigenvalue weighted by Gasteiger charge is 2.61. The molecule has 0 saturated carbocycles. The first-order chi connectivity index (χ1) is 14.7. The van der Waals surface area contributed by atoms with Crippen molar-refractivity contribution in [2.24, 2.45) is 5.10 Å². The van der Waals surface area contributed by atoms with Gasteiger partial charge in [0, 0.05) is 26.0 Å². The predicted octanol–water partition coefficient (Wildman–Crippen LogP) is 3.05. The maximum atomic E-state index is 13.9. The van der Waals surface area contributed by atoms with E-state index in [9.17, 15) is 14.4 Å². The van der Waals surface area contributed by atoms with E-state index in [-0.39, 0.29) is 22.9 Å². The van der Waals surface area contributed by atoms with E-state index in [1.165, 1.54) is 18.9 Å². The number of carbonyl (C=O) groups excluding carboxylic acids is 3. The van der Waals surface area contributed by atoms with Gasteiger partial charge in [0.15, 0.2) is 5.17 Å². The van der Waals surface area contributed by atoms with Crippen LogP contribution in [0.1, 0.15) is 36.1 Å². The summed E-state index contributed by atoms with van der Waals surface area (Å²) in [5, 5.41) is 8.40. The summed E-state index contributed by atoms with van der Waals surface area (Å²) in [6.45, 7) is 7.16. The summed E-state index contributed by atoms with van der Waals surface area (Å²) in [6.07, 6.45) is 0.680. The highest BCUT2D eigenvalue weighted by molar-refractivity contribution is 8.15. The lowest BCUT2D eigenvalue weighted by molar-refractivity contribution is -0.139. The van der Waals surface area contributed by atoms with Crippen LogP contribution in [0, 0.1) is 13.8 Å². The van der Waals surface area contributed by atoms with Gasteiger partial charge < -0.3 is 10.2 Å². The number of rotatable bonds is 3. The van der Waals surface area contributed by atoms with E-state index in [1.54, 1.807) is 4.90 Å². The van der Waals surface area contributed by atoms with Crippen LogP contribution in [0.2, 0.25) is 0 Å². The van der Waals surface area contributed by atoms with Gasteiger partial charge in [0.05, 0.1) is 5.69 Å². The molecule has 0 fully saturated rings. The van der Waals surface area contributed by atoms with Gasteiger partial charge in [0.25, 0.3) is 5.91 Å². The number of nitrogens with zero attached hydrogens (tertiary/aromatic N) is 3. The van der Waals surface area contributed by atoms with E-state index in [4.69, 9.17) is 0 Å². The molecule has 0 aliphatic carbocycles. The fourth-order valence-corrected chi connectivity index (χ4v) is 5.55. The van der Waals surface area contributed by atoms with Gasteiger partial charge in [-0.1, -0.05) is 48.0 Å². The van der Waals surface area contributed by atoms with E-state index >= 15 is 0 Å². The van der Waals surface area contributed by atoms with Gasteiger partial charge in [-0.05, 0) is 43.2 Å². The quantitative estimate of drug-likeness (QED) is 0.802. The highest BCUT2D eigenvalue weighted by atomic mass is 32.2. The van der Waals surface area contributed by atoms with Gasteiger partial charge >= 0.3 is 0 Å². The normalized spacial score (nSPS) is 19.6. The second-order valence-electron chi connectivity index (χ2n) is 7.83. The molecule has 0 aromatic heterocycles. The number of fused-ring (bicyclic) bond motifs is 2. The third-order valence-corrected chi connectivity index (χ3v) is 6.64. The molecule has 4 rings (SSSR count). The molecule has 0 radical (unpaired) electrons. The Morgan fingerprint density at radius 3 is 2.48 bits per heavy atom. The van der Waals surface area contributed by atoms with Crippen molar-refractivity contribution in [1.82, 2.24) is 10.3 Å². The highest BCUT2D eigenvalue weighted by Crippen LogP contribution is 2.55. The molecule has 3 amide bonds. The predicted molar refractivity (Wildman–Crippen MR) is 121 cm³/mol. The molecule has 0 unspecified atom stereocenters. The Hall–Kier alpha value is -3.13. The smallest absolute Gasteiger partial charge is 0.270 e. The van der Waals surface area contributed by atoms with Crippen LogP contribution in [0.25, 0.3) is 0 Å². The number of hydrogen-bond acceptors (Lipinski definition) is 5. The standard InChI is InChI=1S/C23H24N4O3S/c1-14-12-15(2)20-19(13-14)23(27(17(4)29)25-22(31-23)24-16(3)28)21(30)26(20)11-10-18-8-6-5-7-9-18/h5-9,12-13H,10-11H2,1-4H3,(H,24,25,28)/t23-/m1/s1. The van der Waals surface area contributed by atoms with Crippen molar-refractivity contribution in [3.05, 3.63) is 64.7 Å². The zero-order valence-electron chi connectivity index (χ0n) is 17.9. The van der Waals surface area contributed by atoms with Gasteiger partial charge in [-0.15, -0.1) is 5.10 Å². The van der Waals surface area contributed by atoms with Crippen LogP contribution in [0.5, 0.6) is 0 Å². The number of anilines is 1. The lowest BCUT2D eigenvalue weighted by atomic mass is 10.0. The first-order valence-electron chi connectivity index (χ1n) is 10.1. The second kappa shape index (κ2) is 7.85. The Labute approximate surface area is 185 Å². The Kier molecular flexibility index (Phi) is 5.35. The molecule has 160 valence electrons. The topological polar surface area (TPSA) is 82.1 Å². The molecule has 31 heavy (non-hydrogen) atoms. The molecular formula is C23H24N4O3S. The maximum Gasteiger partial charge on any atom is 0.270 e. The first kappa shape index (κ1) is 21.1. The third kappa shape index (κ3) is 3.50. The average molecular weight is 437 g/mol. The molecule has 1 atom stereocenters. The first-order valence-corrected chi connectivity index (χ1v) is 10.9. The van der Waals surface area contributed by atoms with E-state index in [0.717, 1.165) is 39.7 Å². The van der Waals surface area contributed by atoms with E-state index in [0.29, 0.717) is 13.0 Å². The van der Waals surface area contributed by atoms with Gasteiger partial charge in [-0.25, -0.2) is 0 Å². The average Bonchev–Trinajstić information content (AvgIpc) is 3.19. The Morgan fingerprint density at radius 2 is 1.84 bits per heavy atom. The number of amidine groups is 1. The summed E-state index contributed by atoms with van der Waals surface area (Å²) in [5.41, 5.74) is 4.62. The monoisotopic (exact) mass is 436 g/mol. The second-order valence-corrected chi connectivity index (χ2v) is 9.02. The maximum absolute atomic E-state index is 13.9. The van der Waals surface area contributed by atoms with E-state index in [2.05, 4.69) is 10.4 Å². The summed E-state index contributed by atoms with van der Waals surface area (Å²) < 4.78 is 0. The van der Waals surface area contributed by atoms with Crippen molar-refractivity contribution < 1.29 is 14.4 Å². The molecule has 2 heterocycles. The third-order valence-electron chi connectivity index (χ3n) is 5.40. The number of nitrogens with one attached hydrogen (secondary N) is 1. The minimum Gasteiger partial charge on any atom is -0.308 e. The largest absolute Gasteiger partial charge is 0.308 e. The summed E-state index contributed by atoms with van der Waals surface area (Å²) >= 11 is 1.11. The number of carbonyl (C=O) groups is 3. The summed E-state index contributed by atoms with van der Waals surface area (Å²) in [7, 11) is 0. The number of hydrazone groups is 1. The zero-order chi connectivity index (χ0) is 22.3. The molecule has 2 aliphatic heterocycles. The molecule has 7 nitrogen and oxygen atoms in total. The summed E-state index contributed by atoms with van der Waals surface area (Å²) in [4.78, 5) is 38.6. The minimum absolute atomic E-state index is 0.226. The van der Waals surface area contributed by atoms with Crippen molar-refractivity contribution in [2.45, 2.75) is 39.0 Å². The van der Waals surface area contributed by atoms with Crippen molar-refractivity contribution >= 4 is 40.3 Å². The molecule has 0 saturated heterocycles. The van der Waals surface area contributed by atoms with Crippen LogP contribution in [0.3, 0.4) is 0 Å². The van der Waals surface area contributed by atoms with E-state index in [1.807, 2.05) is 56.3 Å². The molecule has 1 N–H and O–H groups in total. The molecule has 1 spiro atoms. The van der Waals surface area contributed by atoms with Crippen LogP contribution in [0.4, 0.5) is 5.69 Å². The Bertz CT molecular complexity index is 1120. The van der Waals surface area contributed by atoms with Crippen LogP contribution in [0.15, 0.2) is 47.6 Å². The molecule has 2 aromatic carbocycles. The molecule has 8 heteroatoms. The van der Waals surface area contributed by atoms with Crippen molar-refractivity contribution in [3.8, 4) is 0 Å². The molecule has 2 aliphatic rings. The molecule has 0 bridgehead atoms. The molecular weight excluding hydrogens is 412 g/mol. The van der Waals surface area contributed by atoms with Crippen LogP contribution < -0.4 is 10.2 Å². The minimum atomic E-state index is -1.35. The van der Waals surface area contributed by atoms with Gasteiger partial charge in [-0.2, -0.15) is 5.01 Å². The lowest BCUT2D eigenvalue weighted by Crippen LogP contribution is -2.49. The number of benzene rings is 2. The van der Waals surface area contributed by atoms with E-state index < -0.39 is 4.87 Å². The molecule has 2 aromatic rings. The zero-order valence-corrected chi connectivity index (χ0v) is 18.7. The van der Waals surface area contributed by atoms with Gasteiger partial charge in [0.2, 0.25) is 16.7 Å². The van der Waals surface area contributed by atoms with Gasteiger partial charge in [-0.3, -0.25) is 14.4 Å². The fourth-order valence-electron chi connectivity index (χ4n) is 4.24. The number of hydrogen-bond donors (Lipinski definition) is 1. The van der Waals surface area contributed by atoms with Crippen LogP contribution in [-0.4, -0.2) is 34.4 Å². The number of thioether (sulfide) groups is 1. The summed E-state index contributed by atoms with van der Waals surface area (Å²) in [6, 6.07) is 14.0. The van der Waals surface area contributed by atoms with Crippen molar-refractivity contribution in [2.75, 3.05) is 11.4 Å². The van der Waals surface area contributed by atoms with Crippen molar-refractivity contribution in [3.63, 3.8) is 0 Å². The van der Waals surface area contributed by atoms with Gasteiger partial charge in [0.1, 0.15) is 0 Å². The Morgan fingerprint density at radius 1 is 1.13 bits per heavy atom. The van der Waals surface area contributed by atoms with Crippen molar-refractivity contribution in [1.29, 1.82) is 0 Å². The fraction of sp³-hybridized carbons (Fsp3) is 0.304. The lowest BCUT2D eigenvalue weighted by Gasteiger charge is -2.29. The summed E-state index contributed by atoms with van der Waals surface area (Å²) in [5.74, 6) is -0.897. The van der Waals surface area contributed by atoms with Crippen LogP contribution >= 0.6 is 11.8 Å². The SMILES string of the molecule is CC(=O)NC1=NN(C(C)=O)[C@]2(S1)C(=O)N(CCc1ccccc1)c1c(C)cc(C)cc12. The number of amides is 3. The number of aryl methyl sites for hydroxylation is 2. The Balaban J connectivity index is 1.80. The van der Waals surface area contributed by atoms with Crippen LogP contribution in [-0.2, 0) is 25.7 Å².